The van der Waals surface area contributed by atoms with Gasteiger partial charge in [0.1, 0.15) is 5.02 Å². The van der Waals surface area contributed by atoms with Crippen molar-refractivity contribution in [3.05, 3.63) is 67.8 Å². The fourth-order valence-corrected chi connectivity index (χ4v) is 10.1. The quantitative estimate of drug-likeness (QED) is 0.324. The summed E-state index contributed by atoms with van der Waals surface area (Å²) in [6.45, 7) is 4.37. The highest BCUT2D eigenvalue weighted by Gasteiger charge is 2.47. The molecule has 3 aromatic rings. The molecule has 0 radical (unpaired) electrons. The third-order valence-electron chi connectivity index (χ3n) is 10.7. The molecule has 1 N–H and O–H groups in total. The fraction of sp³-hybridized carbons (Fsp3) is 0.514. The number of hydrogen-bond acceptors (Lipinski definition) is 10. The van der Waals surface area contributed by atoms with Gasteiger partial charge in [-0.05, 0) is 75.9 Å². The highest BCUT2D eigenvalue weighted by atomic mass is 35.5. The van der Waals surface area contributed by atoms with Gasteiger partial charge < -0.3 is 23.7 Å². The van der Waals surface area contributed by atoms with Crippen LogP contribution in [0.3, 0.4) is 0 Å². The molecule has 4 aliphatic heterocycles. The van der Waals surface area contributed by atoms with Gasteiger partial charge in [0.2, 0.25) is 0 Å². The predicted octanol–water partition coefficient (Wildman–Crippen LogP) is 3.55. The number of ether oxygens (including phenoxy) is 2. The summed E-state index contributed by atoms with van der Waals surface area (Å²) in [4.78, 5) is 46.1. The van der Waals surface area contributed by atoms with Crippen molar-refractivity contribution in [2.24, 2.45) is 0 Å². The molecule has 2 aromatic carbocycles. The Balaban J connectivity index is 1.12. The van der Waals surface area contributed by atoms with Gasteiger partial charge in [-0.2, -0.15) is 12.7 Å². The second kappa shape index (κ2) is 14.0. The molecule has 0 aliphatic carbocycles. The molecule has 1 aromatic heterocycles. The molecule has 1 unspecified atom stereocenters. The van der Waals surface area contributed by atoms with E-state index in [-0.39, 0.29) is 60.1 Å². The van der Waals surface area contributed by atoms with Crippen LogP contribution in [0.1, 0.15) is 64.4 Å². The first-order valence-corrected chi connectivity index (χ1v) is 19.1. The first-order chi connectivity index (χ1) is 24.4. The molecular formula is C35H41ClFN5O8S. The second-order valence-electron chi connectivity index (χ2n) is 13.6. The van der Waals surface area contributed by atoms with Gasteiger partial charge in [-0.25, -0.2) is 13.9 Å². The summed E-state index contributed by atoms with van der Waals surface area (Å²) in [6, 6.07) is 5.96. The van der Waals surface area contributed by atoms with Crippen molar-refractivity contribution in [2.45, 2.75) is 63.7 Å². The van der Waals surface area contributed by atoms with Crippen LogP contribution in [0.5, 0.6) is 5.75 Å². The second-order valence-corrected chi connectivity index (χ2v) is 15.6. The largest absolute Gasteiger partial charge is 0.490 e. The minimum atomic E-state index is -4.17. The number of nitrogens with one attached hydrogen (secondary N) is 1. The number of halogens is 2. The maximum absolute atomic E-state index is 16.0. The van der Waals surface area contributed by atoms with Crippen molar-refractivity contribution < 1.29 is 36.3 Å². The smallest absolute Gasteiger partial charge is 0.341 e. The number of methoxy groups -OCH3 is 1. The van der Waals surface area contributed by atoms with E-state index >= 15 is 4.39 Å². The zero-order valence-corrected chi connectivity index (χ0v) is 30.3. The fourth-order valence-electron chi connectivity index (χ4n) is 8.08. The standard InChI is InChI=1S/C35H41ClFN5O8S/c1-4-49-32-26(33(43)38-51(46,47)42-20-5-6-21(42)8-7-20)10-9-25(30(32)37)34(44)41-14-13-23-24-11-12-28(29(36)31(24)50-35(45)27(23)18-41)40-16-15-39(2)22(17-40)19-48-3/h9-12,20-22H,4-8,13-19H2,1-3H3,(H,38,43). The van der Waals surface area contributed by atoms with E-state index in [4.69, 9.17) is 25.5 Å². The van der Waals surface area contributed by atoms with E-state index in [2.05, 4.69) is 21.6 Å². The number of carbonyl (C=O) groups is 2. The topological polar surface area (TPSA) is 142 Å². The number of rotatable bonds is 9. The Morgan fingerprint density at radius 1 is 1.04 bits per heavy atom. The number of likely N-dealkylation sites (N-methyl/N-ethyl adjacent to an activating group) is 1. The van der Waals surface area contributed by atoms with Gasteiger partial charge in [0.25, 0.3) is 11.8 Å². The highest BCUT2D eigenvalue weighted by molar-refractivity contribution is 7.87. The summed E-state index contributed by atoms with van der Waals surface area (Å²) in [7, 11) is -0.451. The average Bonchev–Trinajstić information content (AvgIpc) is 3.73. The van der Waals surface area contributed by atoms with Crippen LogP contribution in [0.2, 0.25) is 5.02 Å². The van der Waals surface area contributed by atoms with E-state index in [0.29, 0.717) is 35.5 Å². The maximum Gasteiger partial charge on any atom is 0.341 e. The molecule has 4 aliphatic rings. The first-order valence-electron chi connectivity index (χ1n) is 17.2. The van der Waals surface area contributed by atoms with Gasteiger partial charge >= 0.3 is 15.8 Å². The van der Waals surface area contributed by atoms with Crippen LogP contribution in [0, 0.1) is 5.82 Å². The number of amides is 2. The van der Waals surface area contributed by atoms with Crippen molar-refractivity contribution in [1.29, 1.82) is 0 Å². The lowest BCUT2D eigenvalue weighted by Crippen LogP contribution is -2.53. The predicted molar refractivity (Wildman–Crippen MR) is 188 cm³/mol. The van der Waals surface area contributed by atoms with Crippen molar-refractivity contribution in [3.63, 3.8) is 0 Å². The summed E-state index contributed by atoms with van der Waals surface area (Å²) in [6.07, 6.45) is 3.22. The lowest BCUT2D eigenvalue weighted by Gasteiger charge is -2.40. The molecule has 274 valence electrons. The van der Waals surface area contributed by atoms with E-state index in [0.717, 1.165) is 50.5 Å². The molecule has 0 spiro atoms. The molecule has 5 heterocycles. The summed E-state index contributed by atoms with van der Waals surface area (Å²) in [5, 5.41) is 1.01. The van der Waals surface area contributed by atoms with Gasteiger partial charge in [0, 0.05) is 50.8 Å². The number of hydrogen-bond donors (Lipinski definition) is 1. The third kappa shape index (κ3) is 6.37. The van der Waals surface area contributed by atoms with Gasteiger partial charge in [0.05, 0.1) is 48.2 Å². The monoisotopic (exact) mass is 745 g/mol. The normalized spacial score (nSPS) is 22.4. The summed E-state index contributed by atoms with van der Waals surface area (Å²) < 4.78 is 62.3. The van der Waals surface area contributed by atoms with Crippen LogP contribution >= 0.6 is 11.6 Å². The van der Waals surface area contributed by atoms with Crippen LogP contribution in [-0.4, -0.2) is 106 Å². The Bertz CT molecular complexity index is 2040. The number of carbonyl (C=O) groups excluding carboxylic acids is 2. The van der Waals surface area contributed by atoms with E-state index in [1.54, 1.807) is 14.0 Å². The SMILES string of the molecule is CCOc1c(C(=O)NS(=O)(=O)N2C3CCC2CC3)ccc(C(=O)N2CCc3c(c(=O)oc4c(Cl)c(N5CCN(C)C(COC)C5)ccc34)C2)c1F. The number of nitrogens with zero attached hydrogens (tertiary/aromatic N) is 4. The van der Waals surface area contributed by atoms with E-state index in [1.165, 1.54) is 15.3 Å². The molecule has 13 nitrogen and oxygen atoms in total. The Labute approximate surface area is 300 Å². The number of piperazine rings is 1. The number of benzene rings is 2. The van der Waals surface area contributed by atoms with E-state index in [9.17, 15) is 22.8 Å². The molecule has 3 saturated heterocycles. The molecular weight excluding hydrogens is 705 g/mol. The Kier molecular flexibility index (Phi) is 9.78. The molecule has 3 fully saturated rings. The zero-order valence-electron chi connectivity index (χ0n) is 28.7. The van der Waals surface area contributed by atoms with Crippen LogP contribution in [0.15, 0.2) is 33.5 Å². The van der Waals surface area contributed by atoms with Gasteiger partial charge in [-0.3, -0.25) is 14.5 Å². The molecule has 2 amide bonds. The van der Waals surface area contributed by atoms with Crippen molar-refractivity contribution in [1.82, 2.24) is 18.8 Å². The summed E-state index contributed by atoms with van der Waals surface area (Å²) in [5.74, 6) is -3.40. The maximum atomic E-state index is 16.0. The molecule has 51 heavy (non-hydrogen) atoms. The van der Waals surface area contributed by atoms with Crippen molar-refractivity contribution in [3.8, 4) is 5.75 Å². The van der Waals surface area contributed by atoms with Gasteiger partial charge in [-0.15, -0.1) is 0 Å². The van der Waals surface area contributed by atoms with E-state index in [1.807, 2.05) is 12.1 Å². The number of anilines is 1. The lowest BCUT2D eigenvalue weighted by atomic mass is 9.96. The van der Waals surface area contributed by atoms with E-state index < -0.39 is 39.2 Å². The summed E-state index contributed by atoms with van der Waals surface area (Å²) in [5.41, 5.74) is 0.653. The Morgan fingerprint density at radius 3 is 2.43 bits per heavy atom. The Morgan fingerprint density at radius 2 is 1.75 bits per heavy atom. The van der Waals surface area contributed by atoms with Crippen LogP contribution in [-0.2, 0) is 27.9 Å². The molecule has 16 heteroatoms. The number of fused-ring (bicyclic) bond motifs is 5. The molecule has 7 rings (SSSR count). The van der Waals surface area contributed by atoms with Crippen LogP contribution in [0.4, 0.5) is 10.1 Å². The zero-order chi connectivity index (χ0) is 36.2. The van der Waals surface area contributed by atoms with Crippen LogP contribution in [0.25, 0.3) is 11.0 Å². The van der Waals surface area contributed by atoms with Gasteiger partial charge in [0.15, 0.2) is 17.1 Å². The highest BCUT2D eigenvalue weighted by Crippen LogP contribution is 2.40. The average molecular weight is 746 g/mol. The van der Waals surface area contributed by atoms with Crippen molar-refractivity contribution in [2.75, 3.05) is 58.5 Å². The molecule has 2 bridgehead atoms. The minimum Gasteiger partial charge on any atom is -0.490 e. The van der Waals surface area contributed by atoms with Crippen molar-refractivity contribution >= 4 is 50.3 Å². The first kappa shape index (κ1) is 35.6. The van der Waals surface area contributed by atoms with Crippen LogP contribution < -0.4 is 20.0 Å². The third-order valence-corrected chi connectivity index (χ3v) is 12.7. The van der Waals surface area contributed by atoms with Gasteiger partial charge in [-0.1, -0.05) is 11.6 Å². The molecule has 1 atom stereocenters. The lowest BCUT2D eigenvalue weighted by molar-refractivity contribution is 0.0726. The Hall–Kier alpha value is -3.76. The molecule has 0 saturated carbocycles. The summed E-state index contributed by atoms with van der Waals surface area (Å²) >= 11 is 6.89. The minimum absolute atomic E-state index is 0.0457.